The third-order valence-electron chi connectivity index (χ3n) is 5.27. The van der Waals surface area contributed by atoms with E-state index >= 15 is 0 Å². The molecule has 2 N–H and O–H groups in total. The average Bonchev–Trinajstić information content (AvgIpc) is 2.82. The van der Waals surface area contributed by atoms with Crippen LogP contribution in [0.15, 0.2) is 72.8 Å². The standard InChI is InChI=1S/C26H28ClN3O4S/c1-3-4-16-28-26(32)23-10-5-6-11-24(23)29-25(31)20-14-12-19(13-15-20)18-30(35(2,33)34)22-9-7-8-21(27)17-22/h5-15,17H,3-4,16,18H2,1-2H3,(H,28,32)(H,29,31). The Balaban J connectivity index is 1.73. The number of nitrogens with one attached hydrogen (secondary N) is 2. The summed E-state index contributed by atoms with van der Waals surface area (Å²) in [5, 5.41) is 6.08. The van der Waals surface area contributed by atoms with Gasteiger partial charge in [0.05, 0.1) is 29.7 Å². The molecule has 0 aliphatic heterocycles. The minimum atomic E-state index is -3.56. The minimum Gasteiger partial charge on any atom is -0.352 e. The molecule has 0 saturated heterocycles. The zero-order chi connectivity index (χ0) is 25.4. The molecule has 7 nitrogen and oxygen atoms in total. The molecule has 0 fully saturated rings. The number of amides is 2. The van der Waals surface area contributed by atoms with Gasteiger partial charge in [-0.2, -0.15) is 0 Å². The first kappa shape index (κ1) is 26.2. The fraction of sp³-hybridized carbons (Fsp3) is 0.231. The second kappa shape index (κ2) is 11.9. The lowest BCUT2D eigenvalue weighted by Gasteiger charge is -2.22. The number of hydrogen-bond acceptors (Lipinski definition) is 4. The summed E-state index contributed by atoms with van der Waals surface area (Å²) in [6.07, 6.45) is 2.97. The molecule has 0 aliphatic carbocycles. The molecule has 3 rings (SSSR count). The Hall–Kier alpha value is -3.36. The molecule has 0 unspecified atom stereocenters. The molecule has 0 aliphatic rings. The van der Waals surface area contributed by atoms with Crippen LogP contribution >= 0.6 is 11.6 Å². The van der Waals surface area contributed by atoms with Crippen molar-refractivity contribution in [3.63, 3.8) is 0 Å². The topological polar surface area (TPSA) is 95.6 Å². The van der Waals surface area contributed by atoms with Crippen LogP contribution in [0.3, 0.4) is 0 Å². The molecule has 0 heterocycles. The molecule has 0 spiro atoms. The Morgan fingerprint density at radius 1 is 0.943 bits per heavy atom. The number of sulfonamides is 1. The summed E-state index contributed by atoms with van der Waals surface area (Å²) in [4.78, 5) is 25.3. The van der Waals surface area contributed by atoms with E-state index in [2.05, 4.69) is 10.6 Å². The predicted molar refractivity (Wildman–Crippen MR) is 141 cm³/mol. The van der Waals surface area contributed by atoms with E-state index in [1.165, 1.54) is 4.31 Å². The Labute approximate surface area is 211 Å². The molecule has 3 aromatic rings. The lowest BCUT2D eigenvalue weighted by Crippen LogP contribution is -2.29. The zero-order valence-corrected chi connectivity index (χ0v) is 21.2. The number of rotatable bonds is 10. The zero-order valence-electron chi connectivity index (χ0n) is 19.6. The van der Waals surface area contributed by atoms with E-state index in [-0.39, 0.29) is 18.4 Å². The van der Waals surface area contributed by atoms with Gasteiger partial charge in [0.25, 0.3) is 11.8 Å². The van der Waals surface area contributed by atoms with Gasteiger partial charge in [-0.15, -0.1) is 0 Å². The van der Waals surface area contributed by atoms with Crippen LogP contribution in [-0.4, -0.2) is 33.0 Å². The lowest BCUT2D eigenvalue weighted by atomic mass is 10.1. The molecule has 35 heavy (non-hydrogen) atoms. The highest BCUT2D eigenvalue weighted by atomic mass is 35.5. The second-order valence-corrected chi connectivity index (χ2v) is 10.4. The van der Waals surface area contributed by atoms with Crippen LogP contribution in [0, 0.1) is 0 Å². The fourth-order valence-corrected chi connectivity index (χ4v) is 4.48. The summed E-state index contributed by atoms with van der Waals surface area (Å²) < 4.78 is 26.0. The lowest BCUT2D eigenvalue weighted by molar-refractivity contribution is 0.0954. The van der Waals surface area contributed by atoms with Crippen molar-refractivity contribution in [2.24, 2.45) is 0 Å². The van der Waals surface area contributed by atoms with Gasteiger partial charge in [0.1, 0.15) is 0 Å². The van der Waals surface area contributed by atoms with Crippen LogP contribution < -0.4 is 14.9 Å². The van der Waals surface area contributed by atoms with Gasteiger partial charge in [0, 0.05) is 17.1 Å². The largest absolute Gasteiger partial charge is 0.352 e. The molecule has 0 atom stereocenters. The van der Waals surface area contributed by atoms with Crippen LogP contribution in [0.4, 0.5) is 11.4 Å². The van der Waals surface area contributed by atoms with E-state index in [0.29, 0.717) is 39.6 Å². The summed E-state index contributed by atoms with van der Waals surface area (Å²) >= 11 is 6.04. The fourth-order valence-electron chi connectivity index (χ4n) is 3.42. The highest BCUT2D eigenvalue weighted by Gasteiger charge is 2.19. The summed E-state index contributed by atoms with van der Waals surface area (Å²) in [7, 11) is -3.56. The maximum absolute atomic E-state index is 12.8. The quantitative estimate of drug-likeness (QED) is 0.369. The van der Waals surface area contributed by atoms with Crippen LogP contribution in [0.25, 0.3) is 0 Å². The van der Waals surface area contributed by atoms with Crippen LogP contribution in [0.1, 0.15) is 46.0 Å². The first-order valence-corrected chi connectivity index (χ1v) is 13.4. The van der Waals surface area contributed by atoms with Crippen molar-refractivity contribution in [3.05, 3.63) is 94.5 Å². The first-order valence-electron chi connectivity index (χ1n) is 11.2. The smallest absolute Gasteiger partial charge is 0.255 e. The average molecular weight is 514 g/mol. The third-order valence-corrected chi connectivity index (χ3v) is 6.65. The Kier molecular flexibility index (Phi) is 8.89. The van der Waals surface area contributed by atoms with Crippen molar-refractivity contribution >= 4 is 44.8 Å². The molecule has 2 amide bonds. The molecular formula is C26H28ClN3O4S. The van der Waals surface area contributed by atoms with Gasteiger partial charge in [-0.25, -0.2) is 8.42 Å². The van der Waals surface area contributed by atoms with Gasteiger partial charge in [-0.3, -0.25) is 13.9 Å². The third kappa shape index (κ3) is 7.31. The second-order valence-electron chi connectivity index (χ2n) is 8.06. The van der Waals surface area contributed by atoms with Gasteiger partial charge >= 0.3 is 0 Å². The van der Waals surface area contributed by atoms with Crippen molar-refractivity contribution in [1.82, 2.24) is 5.32 Å². The molecule has 9 heteroatoms. The maximum Gasteiger partial charge on any atom is 0.255 e. The maximum atomic E-state index is 12.8. The van der Waals surface area contributed by atoms with Crippen molar-refractivity contribution in [2.75, 3.05) is 22.4 Å². The van der Waals surface area contributed by atoms with Gasteiger partial charge in [-0.1, -0.05) is 55.3 Å². The predicted octanol–water partition coefficient (Wildman–Crippen LogP) is 5.09. The van der Waals surface area contributed by atoms with Crippen molar-refractivity contribution in [3.8, 4) is 0 Å². The van der Waals surface area contributed by atoms with Crippen LogP contribution in [-0.2, 0) is 16.6 Å². The molecule has 0 bridgehead atoms. The van der Waals surface area contributed by atoms with Crippen LogP contribution in [0.5, 0.6) is 0 Å². The molecule has 184 valence electrons. The SMILES string of the molecule is CCCCNC(=O)c1ccccc1NC(=O)c1ccc(CN(c2cccc(Cl)c2)S(C)(=O)=O)cc1. The number of para-hydroxylation sites is 1. The van der Waals surface area contributed by atoms with E-state index in [4.69, 9.17) is 11.6 Å². The number of anilines is 2. The molecular weight excluding hydrogens is 486 g/mol. The summed E-state index contributed by atoms with van der Waals surface area (Å²) in [6.45, 7) is 2.70. The Morgan fingerprint density at radius 3 is 2.31 bits per heavy atom. The summed E-state index contributed by atoms with van der Waals surface area (Å²) in [6, 6.07) is 20.1. The molecule has 3 aromatic carbocycles. The summed E-state index contributed by atoms with van der Waals surface area (Å²) in [5.41, 5.74) is 2.33. The van der Waals surface area contributed by atoms with E-state index in [1.54, 1.807) is 72.8 Å². The minimum absolute atomic E-state index is 0.0852. The van der Waals surface area contributed by atoms with Crippen molar-refractivity contribution < 1.29 is 18.0 Å². The number of nitrogens with zero attached hydrogens (tertiary/aromatic N) is 1. The van der Waals surface area contributed by atoms with Gasteiger partial charge < -0.3 is 10.6 Å². The number of carbonyl (C=O) groups is 2. The number of benzene rings is 3. The van der Waals surface area contributed by atoms with Crippen LogP contribution in [0.2, 0.25) is 5.02 Å². The number of hydrogen-bond donors (Lipinski definition) is 2. The molecule has 0 saturated carbocycles. The normalized spacial score (nSPS) is 11.1. The monoisotopic (exact) mass is 513 g/mol. The molecule has 0 radical (unpaired) electrons. The van der Waals surface area contributed by atoms with Crippen molar-refractivity contribution in [1.29, 1.82) is 0 Å². The number of carbonyl (C=O) groups excluding carboxylic acids is 2. The number of unbranched alkanes of at least 4 members (excludes halogenated alkanes) is 1. The van der Waals surface area contributed by atoms with Gasteiger partial charge in [-0.05, 0) is 54.4 Å². The Morgan fingerprint density at radius 2 is 1.66 bits per heavy atom. The van der Waals surface area contributed by atoms with E-state index in [1.807, 2.05) is 6.92 Å². The van der Waals surface area contributed by atoms with Crippen molar-refractivity contribution in [2.45, 2.75) is 26.3 Å². The molecule has 0 aromatic heterocycles. The van der Waals surface area contributed by atoms with E-state index < -0.39 is 10.0 Å². The summed E-state index contributed by atoms with van der Waals surface area (Å²) in [5.74, 6) is -0.619. The van der Waals surface area contributed by atoms with Gasteiger partial charge in [0.2, 0.25) is 10.0 Å². The highest BCUT2D eigenvalue weighted by Crippen LogP contribution is 2.24. The van der Waals surface area contributed by atoms with E-state index in [9.17, 15) is 18.0 Å². The van der Waals surface area contributed by atoms with Gasteiger partial charge in [0.15, 0.2) is 0 Å². The number of halogens is 1. The first-order chi connectivity index (χ1) is 16.7. The Bertz CT molecular complexity index is 1290. The highest BCUT2D eigenvalue weighted by molar-refractivity contribution is 7.92. The van der Waals surface area contributed by atoms with E-state index in [0.717, 1.165) is 19.1 Å².